The molecule has 0 bridgehead atoms. The van der Waals surface area contributed by atoms with Crippen molar-refractivity contribution >= 4 is 5.78 Å². The molecular weight excluding hydrogens is 253 g/mol. The summed E-state index contributed by atoms with van der Waals surface area (Å²) in [6.07, 6.45) is -4.83. The first-order chi connectivity index (χ1) is 8.88. The van der Waals surface area contributed by atoms with E-state index >= 15 is 0 Å². The smallest absolute Gasteiger partial charge is 0.284 e. The predicted octanol–water partition coefficient (Wildman–Crippen LogP) is 4.41. The maximum Gasteiger partial charge on any atom is 0.454 e. The summed E-state index contributed by atoms with van der Waals surface area (Å²) in [6, 6.07) is 13.0. The first-order valence-corrected chi connectivity index (χ1v) is 5.66. The van der Waals surface area contributed by atoms with Crippen LogP contribution in [0.25, 0.3) is 11.1 Å². The second-order valence-electron chi connectivity index (χ2n) is 4.27. The predicted molar refractivity (Wildman–Crippen MR) is 67.0 cm³/mol. The number of halogens is 3. The normalized spacial score (nSPS) is 11.4. The molecule has 0 spiro atoms. The van der Waals surface area contributed by atoms with E-state index in [1.165, 1.54) is 24.3 Å². The fourth-order valence-electron chi connectivity index (χ4n) is 1.72. The number of carbonyl (C=O) groups excluding carboxylic acids is 1. The van der Waals surface area contributed by atoms with Crippen LogP contribution in [-0.4, -0.2) is 12.0 Å². The second-order valence-corrected chi connectivity index (χ2v) is 4.27. The van der Waals surface area contributed by atoms with Crippen LogP contribution in [0.3, 0.4) is 0 Å². The van der Waals surface area contributed by atoms with Gasteiger partial charge in [-0.3, -0.25) is 4.79 Å². The van der Waals surface area contributed by atoms with Crippen LogP contribution in [0.4, 0.5) is 13.2 Å². The van der Waals surface area contributed by atoms with Gasteiger partial charge in [-0.05, 0) is 18.1 Å². The molecule has 1 nitrogen and oxygen atoms in total. The number of rotatable bonds is 2. The molecule has 2 aromatic carbocycles. The van der Waals surface area contributed by atoms with Crippen molar-refractivity contribution < 1.29 is 18.0 Å². The van der Waals surface area contributed by atoms with Crippen LogP contribution in [0.5, 0.6) is 0 Å². The Morgan fingerprint density at radius 3 is 1.68 bits per heavy atom. The van der Waals surface area contributed by atoms with Gasteiger partial charge in [-0.25, -0.2) is 0 Å². The summed E-state index contributed by atoms with van der Waals surface area (Å²) in [5.74, 6) is -1.82. The van der Waals surface area contributed by atoms with E-state index in [1.807, 2.05) is 31.2 Å². The molecule has 0 saturated heterocycles. The minimum absolute atomic E-state index is 0.344. The van der Waals surface area contributed by atoms with Gasteiger partial charge in [0.05, 0.1) is 0 Å². The SMILES string of the molecule is Cc1ccc(-c2ccc(C(=O)C(F)(F)F)cc2)cc1. The van der Waals surface area contributed by atoms with Crippen molar-refractivity contribution in [3.8, 4) is 11.1 Å². The number of hydrogen-bond acceptors (Lipinski definition) is 1. The highest BCUT2D eigenvalue weighted by Gasteiger charge is 2.39. The lowest BCUT2D eigenvalue weighted by molar-refractivity contribution is -0.0885. The van der Waals surface area contributed by atoms with E-state index in [0.717, 1.165) is 16.7 Å². The molecule has 0 aliphatic carbocycles. The average molecular weight is 264 g/mol. The number of hydrogen-bond donors (Lipinski definition) is 0. The number of aryl methyl sites for hydroxylation is 1. The number of ketones is 1. The van der Waals surface area contributed by atoms with E-state index in [4.69, 9.17) is 0 Å². The molecule has 4 heteroatoms. The molecule has 0 saturated carbocycles. The maximum atomic E-state index is 12.3. The molecule has 0 aliphatic heterocycles. The van der Waals surface area contributed by atoms with Gasteiger partial charge in [-0.1, -0.05) is 54.1 Å². The van der Waals surface area contributed by atoms with Crippen molar-refractivity contribution in [2.45, 2.75) is 13.1 Å². The molecular formula is C15H11F3O. The summed E-state index contributed by atoms with van der Waals surface area (Å²) in [7, 11) is 0. The Morgan fingerprint density at radius 2 is 1.26 bits per heavy atom. The van der Waals surface area contributed by atoms with Crippen molar-refractivity contribution in [1.29, 1.82) is 0 Å². The highest BCUT2D eigenvalue weighted by molar-refractivity contribution is 6.00. The summed E-state index contributed by atoms with van der Waals surface area (Å²) in [6.45, 7) is 1.95. The highest BCUT2D eigenvalue weighted by Crippen LogP contribution is 2.24. The summed E-state index contributed by atoms with van der Waals surface area (Å²) < 4.78 is 36.8. The second kappa shape index (κ2) is 4.88. The molecule has 2 aromatic rings. The van der Waals surface area contributed by atoms with Gasteiger partial charge in [0.25, 0.3) is 5.78 Å². The number of Topliss-reactive ketones (excluding diaryl/α,β-unsaturated/α-hetero) is 1. The van der Waals surface area contributed by atoms with E-state index in [-0.39, 0.29) is 5.56 Å². The Balaban J connectivity index is 2.28. The number of alkyl halides is 3. The first kappa shape index (κ1) is 13.3. The minimum atomic E-state index is -4.83. The zero-order chi connectivity index (χ0) is 14.0. The molecule has 98 valence electrons. The Bertz CT molecular complexity index is 580. The molecule has 0 atom stereocenters. The fourth-order valence-corrected chi connectivity index (χ4v) is 1.72. The largest absolute Gasteiger partial charge is 0.454 e. The van der Waals surface area contributed by atoms with Crippen molar-refractivity contribution in [2.75, 3.05) is 0 Å². The van der Waals surface area contributed by atoms with Gasteiger partial charge in [-0.15, -0.1) is 0 Å². The quantitative estimate of drug-likeness (QED) is 0.734. The van der Waals surface area contributed by atoms with Gasteiger partial charge in [0.2, 0.25) is 0 Å². The van der Waals surface area contributed by atoms with Gasteiger partial charge < -0.3 is 0 Å². The molecule has 0 amide bonds. The third-order valence-corrected chi connectivity index (χ3v) is 2.79. The van der Waals surface area contributed by atoms with Crippen molar-refractivity contribution in [2.24, 2.45) is 0 Å². The van der Waals surface area contributed by atoms with Crippen LogP contribution in [0.2, 0.25) is 0 Å². The summed E-state index contributed by atoms with van der Waals surface area (Å²) in [5, 5.41) is 0. The molecule has 0 radical (unpaired) electrons. The average Bonchev–Trinajstić information content (AvgIpc) is 2.38. The van der Waals surface area contributed by atoms with Crippen LogP contribution in [-0.2, 0) is 0 Å². The van der Waals surface area contributed by atoms with E-state index in [9.17, 15) is 18.0 Å². The maximum absolute atomic E-state index is 12.3. The van der Waals surface area contributed by atoms with Crippen LogP contribution < -0.4 is 0 Å². The molecule has 0 unspecified atom stereocenters. The minimum Gasteiger partial charge on any atom is -0.284 e. The first-order valence-electron chi connectivity index (χ1n) is 5.66. The molecule has 19 heavy (non-hydrogen) atoms. The number of carbonyl (C=O) groups is 1. The molecule has 0 aromatic heterocycles. The lowest BCUT2D eigenvalue weighted by Gasteiger charge is -2.06. The lowest BCUT2D eigenvalue weighted by Crippen LogP contribution is -2.22. The standard InChI is InChI=1S/C15H11F3O/c1-10-2-4-11(5-3-10)12-6-8-13(9-7-12)14(19)15(16,17)18/h2-9H,1H3. The van der Waals surface area contributed by atoms with Gasteiger partial charge in [-0.2, -0.15) is 13.2 Å². The monoisotopic (exact) mass is 264 g/mol. The lowest BCUT2D eigenvalue weighted by atomic mass is 10.0. The van der Waals surface area contributed by atoms with Gasteiger partial charge in [0, 0.05) is 5.56 Å². The molecule has 0 N–H and O–H groups in total. The Labute approximate surface area is 108 Å². The summed E-state index contributed by atoms with van der Waals surface area (Å²) in [5.41, 5.74) is 2.44. The molecule has 2 rings (SSSR count). The van der Waals surface area contributed by atoms with Gasteiger partial charge in [0.15, 0.2) is 0 Å². The highest BCUT2D eigenvalue weighted by atomic mass is 19.4. The molecule has 0 aliphatic rings. The third kappa shape index (κ3) is 3.02. The zero-order valence-corrected chi connectivity index (χ0v) is 10.2. The fraction of sp³-hybridized carbons (Fsp3) is 0.133. The van der Waals surface area contributed by atoms with Crippen LogP contribution in [0.15, 0.2) is 48.5 Å². The molecule has 0 fully saturated rings. The van der Waals surface area contributed by atoms with Crippen LogP contribution in [0, 0.1) is 6.92 Å². The van der Waals surface area contributed by atoms with Crippen molar-refractivity contribution in [3.63, 3.8) is 0 Å². The van der Waals surface area contributed by atoms with Gasteiger partial charge in [0.1, 0.15) is 0 Å². The Morgan fingerprint density at radius 1 is 0.842 bits per heavy atom. The Kier molecular flexibility index (Phi) is 3.42. The van der Waals surface area contributed by atoms with Crippen molar-refractivity contribution in [1.82, 2.24) is 0 Å². The van der Waals surface area contributed by atoms with Crippen LogP contribution >= 0.6 is 0 Å². The topological polar surface area (TPSA) is 17.1 Å². The summed E-state index contributed by atoms with van der Waals surface area (Å²) in [4.78, 5) is 11.0. The zero-order valence-electron chi connectivity index (χ0n) is 10.2. The Hall–Kier alpha value is -2.10. The van der Waals surface area contributed by atoms with Crippen LogP contribution in [0.1, 0.15) is 15.9 Å². The van der Waals surface area contributed by atoms with E-state index in [0.29, 0.717) is 0 Å². The van der Waals surface area contributed by atoms with E-state index in [2.05, 4.69) is 0 Å². The van der Waals surface area contributed by atoms with Crippen molar-refractivity contribution in [3.05, 3.63) is 59.7 Å². The van der Waals surface area contributed by atoms with Gasteiger partial charge >= 0.3 is 6.18 Å². The van der Waals surface area contributed by atoms with E-state index in [1.54, 1.807) is 0 Å². The third-order valence-electron chi connectivity index (χ3n) is 2.79. The molecule has 0 heterocycles. The summed E-state index contributed by atoms with van der Waals surface area (Å²) >= 11 is 0. The number of benzene rings is 2. The van der Waals surface area contributed by atoms with E-state index < -0.39 is 12.0 Å².